The second-order valence-corrected chi connectivity index (χ2v) is 27.0. The Kier molecular flexibility index (Phi) is 74.4. The summed E-state index contributed by atoms with van der Waals surface area (Å²) in [6.45, 7) is 4.92. The molecule has 0 bridgehead atoms. The summed E-state index contributed by atoms with van der Waals surface area (Å²) >= 11 is 0. The Morgan fingerprint density at radius 2 is 0.575 bits per heavy atom. The third kappa shape index (κ3) is 72.8. The van der Waals surface area contributed by atoms with Gasteiger partial charge in [0.05, 0.1) is 25.4 Å². The molecule has 512 valence electrons. The van der Waals surface area contributed by atoms with Crippen molar-refractivity contribution in [2.24, 2.45) is 0 Å². The van der Waals surface area contributed by atoms with E-state index in [0.29, 0.717) is 19.4 Å². The van der Waals surface area contributed by atoms with Gasteiger partial charge in [-0.1, -0.05) is 377 Å². The molecule has 0 saturated carbocycles. The van der Waals surface area contributed by atoms with Crippen LogP contribution >= 0.6 is 0 Å². The maximum absolute atomic E-state index is 12.5. The van der Waals surface area contributed by atoms with Crippen LogP contribution in [0, 0.1) is 0 Å². The molecule has 87 heavy (non-hydrogen) atoms. The van der Waals surface area contributed by atoms with E-state index in [-0.39, 0.29) is 18.5 Å². The van der Waals surface area contributed by atoms with Crippen molar-refractivity contribution < 1.29 is 24.5 Å². The van der Waals surface area contributed by atoms with Crippen molar-refractivity contribution in [1.82, 2.24) is 5.32 Å². The lowest BCUT2D eigenvalue weighted by atomic mass is 10.0. The number of ether oxygens (including phenoxy) is 1. The van der Waals surface area contributed by atoms with Gasteiger partial charge in [-0.05, 0) is 89.9 Å². The number of hydrogen-bond acceptors (Lipinski definition) is 5. The van der Waals surface area contributed by atoms with Gasteiger partial charge in [-0.25, -0.2) is 0 Å². The number of aliphatic hydroxyl groups is 2. The number of carbonyl (C=O) groups excluding carboxylic acids is 2. The largest absolute Gasteiger partial charge is 0.466 e. The van der Waals surface area contributed by atoms with Crippen LogP contribution in [0.1, 0.15) is 431 Å². The fourth-order valence-electron chi connectivity index (χ4n) is 12.3. The number of carbonyl (C=O) groups is 2. The third-order valence-corrected chi connectivity index (χ3v) is 18.3. The average molecular weight is 1220 g/mol. The minimum Gasteiger partial charge on any atom is -0.466 e. The number of rotatable bonds is 74. The van der Waals surface area contributed by atoms with Crippen molar-refractivity contribution in [3.05, 3.63) is 48.6 Å². The maximum atomic E-state index is 12.5. The SMILES string of the molecule is CCCCC/C=C\C/C=C\CCCCCCCCCCCC(=O)OCCCCCCCCCCCCCC/C=C\CCCCCCCCCCCCCCCCCCC(=O)NC(CO)C(O)/C=C/CCCCCCCCCCCCCCCCCCC. The molecule has 2 atom stereocenters. The molecular formula is C81H153NO5. The molecule has 2 unspecified atom stereocenters. The van der Waals surface area contributed by atoms with Crippen molar-refractivity contribution >= 4 is 11.9 Å². The highest BCUT2D eigenvalue weighted by Gasteiger charge is 2.18. The number of hydrogen-bond donors (Lipinski definition) is 3. The molecule has 0 fully saturated rings. The summed E-state index contributed by atoms with van der Waals surface area (Å²) in [5, 5.41) is 23.3. The van der Waals surface area contributed by atoms with E-state index >= 15 is 0 Å². The summed E-state index contributed by atoms with van der Waals surface area (Å²) < 4.78 is 5.51. The van der Waals surface area contributed by atoms with Crippen LogP contribution in [0.15, 0.2) is 48.6 Å². The molecule has 0 saturated heterocycles. The Morgan fingerprint density at radius 3 is 0.908 bits per heavy atom. The van der Waals surface area contributed by atoms with Gasteiger partial charge in [-0.2, -0.15) is 0 Å². The quantitative estimate of drug-likeness (QED) is 0.0320. The predicted molar refractivity (Wildman–Crippen MR) is 384 cm³/mol. The van der Waals surface area contributed by atoms with Crippen LogP contribution in [0.4, 0.5) is 0 Å². The molecule has 1 amide bonds. The van der Waals surface area contributed by atoms with Crippen molar-refractivity contribution in [2.75, 3.05) is 13.2 Å². The summed E-state index contributed by atoms with van der Waals surface area (Å²) in [6, 6.07) is -0.627. The lowest BCUT2D eigenvalue weighted by molar-refractivity contribution is -0.143. The highest BCUT2D eigenvalue weighted by molar-refractivity contribution is 5.76. The molecule has 0 aromatic rings. The second-order valence-electron chi connectivity index (χ2n) is 27.0. The number of esters is 1. The lowest BCUT2D eigenvalue weighted by Gasteiger charge is -2.20. The summed E-state index contributed by atoms with van der Waals surface area (Å²) in [5.41, 5.74) is 0. The molecule has 3 N–H and O–H groups in total. The van der Waals surface area contributed by atoms with E-state index in [2.05, 4.69) is 55.6 Å². The Hall–Kier alpha value is -2.18. The van der Waals surface area contributed by atoms with E-state index in [9.17, 15) is 19.8 Å². The smallest absolute Gasteiger partial charge is 0.305 e. The number of amides is 1. The predicted octanol–water partition coefficient (Wildman–Crippen LogP) is 26.0. The third-order valence-electron chi connectivity index (χ3n) is 18.3. The number of unbranched alkanes of at least 4 members (excludes halogenated alkanes) is 57. The molecule has 0 aromatic heterocycles. The monoisotopic (exact) mass is 1220 g/mol. The molecule has 0 aromatic carbocycles. The normalized spacial score (nSPS) is 12.7. The van der Waals surface area contributed by atoms with Crippen LogP contribution in [0.3, 0.4) is 0 Å². The second kappa shape index (κ2) is 76.3. The van der Waals surface area contributed by atoms with Gasteiger partial charge in [0.2, 0.25) is 5.91 Å². The van der Waals surface area contributed by atoms with E-state index < -0.39 is 12.1 Å². The zero-order chi connectivity index (χ0) is 62.8. The first kappa shape index (κ1) is 84.8. The van der Waals surface area contributed by atoms with Crippen molar-refractivity contribution in [3.8, 4) is 0 Å². The van der Waals surface area contributed by atoms with Gasteiger partial charge in [0.15, 0.2) is 0 Å². The number of allylic oxidation sites excluding steroid dienone is 7. The number of nitrogens with one attached hydrogen (secondary N) is 1. The van der Waals surface area contributed by atoms with Crippen molar-refractivity contribution in [3.63, 3.8) is 0 Å². The Bertz CT molecular complexity index is 1450. The summed E-state index contributed by atoms with van der Waals surface area (Å²) in [4.78, 5) is 24.7. The minimum absolute atomic E-state index is 0.0146. The number of aliphatic hydroxyl groups excluding tert-OH is 2. The van der Waals surface area contributed by atoms with Crippen LogP contribution in [0.25, 0.3) is 0 Å². The summed E-state index contributed by atoms with van der Waals surface area (Å²) in [7, 11) is 0. The highest BCUT2D eigenvalue weighted by Crippen LogP contribution is 2.19. The van der Waals surface area contributed by atoms with Gasteiger partial charge in [-0.3, -0.25) is 9.59 Å². The highest BCUT2D eigenvalue weighted by atomic mass is 16.5. The molecule has 0 rings (SSSR count). The molecule has 0 heterocycles. The summed E-state index contributed by atoms with van der Waals surface area (Å²) in [5.74, 6) is -0.0471. The minimum atomic E-state index is -0.844. The Morgan fingerprint density at radius 1 is 0.322 bits per heavy atom. The Balaban J connectivity index is 3.37. The molecule has 6 heteroatoms. The van der Waals surface area contributed by atoms with E-state index in [1.54, 1.807) is 6.08 Å². The molecule has 0 aliphatic rings. The van der Waals surface area contributed by atoms with Crippen molar-refractivity contribution in [1.29, 1.82) is 0 Å². The maximum Gasteiger partial charge on any atom is 0.305 e. The first-order valence-electron chi connectivity index (χ1n) is 39.4. The van der Waals surface area contributed by atoms with Crippen molar-refractivity contribution in [2.45, 2.75) is 443 Å². The molecule has 0 aliphatic heterocycles. The standard InChI is InChI=1S/C81H153NO5/c1-3-5-7-9-11-13-15-17-19-21-37-41-45-49-53-57-61-65-69-73-79(84)78(77-83)82-80(85)74-70-66-62-58-54-50-46-42-39-35-33-31-29-27-25-23-24-26-28-30-32-34-36-40-44-48-52-56-60-64-68-72-76-87-81(86)75-71-67-63-59-55-51-47-43-38-22-20-18-16-14-12-10-8-6-4-2/h12,14,18,20,26,28,69,73,78-79,83-84H,3-11,13,15-17,19,21-25,27,29-68,70-72,74-77H2,1-2H3,(H,82,85)/b14-12-,20-18-,28-26-,73-69+. The lowest BCUT2D eigenvalue weighted by Crippen LogP contribution is -2.45. The zero-order valence-corrected chi connectivity index (χ0v) is 58.8. The van der Waals surface area contributed by atoms with E-state index in [4.69, 9.17) is 4.74 Å². The van der Waals surface area contributed by atoms with Crippen LogP contribution in [0.2, 0.25) is 0 Å². The topological polar surface area (TPSA) is 95.9 Å². The van der Waals surface area contributed by atoms with Gasteiger partial charge in [-0.15, -0.1) is 0 Å². The van der Waals surface area contributed by atoms with Gasteiger partial charge < -0.3 is 20.3 Å². The average Bonchev–Trinajstić information content (AvgIpc) is 3.54. The first-order chi connectivity index (χ1) is 43.0. The molecule has 0 aliphatic carbocycles. The van der Waals surface area contributed by atoms with Gasteiger partial charge in [0.1, 0.15) is 0 Å². The fraction of sp³-hybridized carbons (Fsp3) is 0.877. The van der Waals surface area contributed by atoms with Crippen LogP contribution in [-0.2, 0) is 14.3 Å². The van der Waals surface area contributed by atoms with E-state index in [1.165, 1.54) is 353 Å². The fourth-order valence-corrected chi connectivity index (χ4v) is 12.3. The first-order valence-corrected chi connectivity index (χ1v) is 39.4. The van der Waals surface area contributed by atoms with E-state index in [0.717, 1.165) is 51.4 Å². The Labute approximate surface area is 544 Å². The van der Waals surface area contributed by atoms with Gasteiger partial charge in [0.25, 0.3) is 0 Å². The molecule has 6 nitrogen and oxygen atoms in total. The molecular weight excluding hydrogens is 1070 g/mol. The summed E-state index contributed by atoms with van der Waals surface area (Å²) in [6.07, 6.45) is 101. The zero-order valence-electron chi connectivity index (χ0n) is 58.8. The molecule has 0 radical (unpaired) electrons. The van der Waals surface area contributed by atoms with Crippen LogP contribution in [-0.4, -0.2) is 47.4 Å². The van der Waals surface area contributed by atoms with E-state index in [1.807, 2.05) is 6.08 Å². The molecule has 0 spiro atoms. The van der Waals surface area contributed by atoms with Crippen LogP contribution < -0.4 is 5.32 Å². The van der Waals surface area contributed by atoms with Crippen LogP contribution in [0.5, 0.6) is 0 Å². The van der Waals surface area contributed by atoms with Gasteiger partial charge in [0, 0.05) is 12.8 Å². The van der Waals surface area contributed by atoms with Gasteiger partial charge >= 0.3 is 5.97 Å².